The summed E-state index contributed by atoms with van der Waals surface area (Å²) < 4.78 is 0.879. The molecule has 0 aromatic carbocycles. The van der Waals surface area contributed by atoms with Crippen molar-refractivity contribution in [1.82, 2.24) is 9.97 Å². The summed E-state index contributed by atoms with van der Waals surface area (Å²) in [7, 11) is 1.97. The van der Waals surface area contributed by atoms with E-state index in [1.54, 1.807) is 6.20 Å². The Kier molecular flexibility index (Phi) is 3.44. The smallest absolute Gasteiger partial charge is 0.146 e. The summed E-state index contributed by atoms with van der Waals surface area (Å²) in [6.45, 7) is 4.71. The highest BCUT2D eigenvalue weighted by molar-refractivity contribution is 9.10. The van der Waals surface area contributed by atoms with E-state index in [-0.39, 0.29) is 5.54 Å². The van der Waals surface area contributed by atoms with E-state index in [0.29, 0.717) is 6.54 Å². The van der Waals surface area contributed by atoms with E-state index < -0.39 is 0 Å². The van der Waals surface area contributed by atoms with Crippen LogP contribution in [0.5, 0.6) is 0 Å². The van der Waals surface area contributed by atoms with Crippen LogP contribution >= 0.6 is 15.9 Å². The van der Waals surface area contributed by atoms with Crippen molar-refractivity contribution in [1.29, 1.82) is 0 Å². The zero-order valence-corrected chi connectivity index (χ0v) is 10.2. The fourth-order valence-corrected chi connectivity index (χ4v) is 1.46. The van der Waals surface area contributed by atoms with Crippen molar-refractivity contribution >= 4 is 21.7 Å². The van der Waals surface area contributed by atoms with Gasteiger partial charge in [-0.1, -0.05) is 0 Å². The lowest BCUT2D eigenvalue weighted by atomic mass is 10.0. The molecule has 1 aromatic rings. The first-order valence-electron chi connectivity index (χ1n) is 4.38. The molecule has 1 aromatic heterocycles. The van der Waals surface area contributed by atoms with E-state index in [1.165, 1.54) is 6.33 Å². The molecule has 0 atom stereocenters. The van der Waals surface area contributed by atoms with Crippen LogP contribution in [0.25, 0.3) is 0 Å². The number of rotatable bonds is 3. The molecular formula is C9H15BrN4. The van der Waals surface area contributed by atoms with E-state index in [0.717, 1.165) is 10.3 Å². The van der Waals surface area contributed by atoms with Crippen LogP contribution in [0.4, 0.5) is 5.82 Å². The maximum atomic E-state index is 5.69. The number of nitrogens with zero attached hydrogens (tertiary/aromatic N) is 3. The average Bonchev–Trinajstić information content (AvgIpc) is 2.17. The molecule has 0 aliphatic rings. The molecule has 0 spiro atoms. The minimum Gasteiger partial charge on any atom is -0.352 e. The molecule has 0 saturated heterocycles. The van der Waals surface area contributed by atoms with Gasteiger partial charge in [0.15, 0.2) is 0 Å². The predicted molar refractivity (Wildman–Crippen MR) is 61.3 cm³/mol. The van der Waals surface area contributed by atoms with E-state index >= 15 is 0 Å². The van der Waals surface area contributed by atoms with Crippen LogP contribution in [0.3, 0.4) is 0 Å². The van der Waals surface area contributed by atoms with Gasteiger partial charge in [0.1, 0.15) is 12.1 Å². The molecule has 78 valence electrons. The predicted octanol–water partition coefficient (Wildman–Crippen LogP) is 1.41. The van der Waals surface area contributed by atoms with E-state index in [2.05, 4.69) is 39.7 Å². The third-order valence-electron chi connectivity index (χ3n) is 2.37. The molecule has 0 bridgehead atoms. The van der Waals surface area contributed by atoms with Crippen LogP contribution in [0.1, 0.15) is 13.8 Å². The highest BCUT2D eigenvalue weighted by Crippen LogP contribution is 2.26. The van der Waals surface area contributed by atoms with E-state index in [9.17, 15) is 0 Å². The summed E-state index contributed by atoms with van der Waals surface area (Å²) in [4.78, 5) is 10.2. The quantitative estimate of drug-likeness (QED) is 0.891. The number of likely N-dealkylation sites (N-methyl/N-ethyl adjacent to an activating group) is 1. The molecule has 0 saturated carbocycles. The van der Waals surface area contributed by atoms with Crippen LogP contribution in [0, 0.1) is 0 Å². The number of hydrogen-bond donors (Lipinski definition) is 1. The van der Waals surface area contributed by atoms with Crippen LogP contribution in [-0.4, -0.2) is 29.1 Å². The van der Waals surface area contributed by atoms with Crippen molar-refractivity contribution < 1.29 is 0 Å². The molecule has 0 amide bonds. The Bertz CT molecular complexity index is 313. The van der Waals surface area contributed by atoms with Gasteiger partial charge in [-0.05, 0) is 29.8 Å². The highest BCUT2D eigenvalue weighted by Gasteiger charge is 2.24. The summed E-state index contributed by atoms with van der Waals surface area (Å²) in [6, 6.07) is 0. The molecule has 4 nitrogen and oxygen atoms in total. The Morgan fingerprint density at radius 3 is 2.71 bits per heavy atom. The Morgan fingerprint density at radius 2 is 2.21 bits per heavy atom. The van der Waals surface area contributed by atoms with Crippen LogP contribution in [0.15, 0.2) is 17.0 Å². The van der Waals surface area contributed by atoms with Crippen molar-refractivity contribution in [2.24, 2.45) is 5.73 Å². The number of hydrogen-bond acceptors (Lipinski definition) is 4. The molecule has 1 rings (SSSR count). The third-order valence-corrected chi connectivity index (χ3v) is 2.93. The molecule has 0 aliphatic heterocycles. The summed E-state index contributed by atoms with van der Waals surface area (Å²) in [5.41, 5.74) is 5.58. The second-order valence-electron chi connectivity index (χ2n) is 3.77. The number of halogens is 1. The number of nitrogens with two attached hydrogens (primary N) is 1. The molecule has 0 unspecified atom stereocenters. The summed E-state index contributed by atoms with van der Waals surface area (Å²) in [5.74, 6) is 0.857. The van der Waals surface area contributed by atoms with Crippen molar-refractivity contribution in [2.75, 3.05) is 18.5 Å². The minimum atomic E-state index is -0.114. The van der Waals surface area contributed by atoms with Crippen LogP contribution in [-0.2, 0) is 0 Å². The van der Waals surface area contributed by atoms with Gasteiger partial charge in [0.25, 0.3) is 0 Å². The lowest BCUT2D eigenvalue weighted by Crippen LogP contribution is -2.47. The van der Waals surface area contributed by atoms with Crippen LogP contribution in [0.2, 0.25) is 0 Å². The summed E-state index contributed by atoms with van der Waals surface area (Å²) in [5, 5.41) is 0. The van der Waals surface area contributed by atoms with E-state index in [4.69, 9.17) is 5.73 Å². The molecular weight excluding hydrogens is 244 g/mol. The topological polar surface area (TPSA) is 55.0 Å². The molecule has 0 aliphatic carbocycles. The zero-order valence-electron chi connectivity index (χ0n) is 8.66. The summed E-state index contributed by atoms with van der Waals surface area (Å²) in [6.07, 6.45) is 3.26. The van der Waals surface area contributed by atoms with E-state index in [1.807, 2.05) is 11.9 Å². The first kappa shape index (κ1) is 11.4. The normalized spacial score (nSPS) is 11.5. The van der Waals surface area contributed by atoms with Crippen molar-refractivity contribution in [3.05, 3.63) is 17.0 Å². The molecule has 14 heavy (non-hydrogen) atoms. The Morgan fingerprint density at radius 1 is 1.57 bits per heavy atom. The highest BCUT2D eigenvalue weighted by atomic mass is 79.9. The lowest BCUT2D eigenvalue weighted by Gasteiger charge is -2.35. The Balaban J connectivity index is 3.00. The second-order valence-corrected chi connectivity index (χ2v) is 4.62. The lowest BCUT2D eigenvalue weighted by molar-refractivity contribution is 0.493. The second kappa shape index (κ2) is 4.23. The van der Waals surface area contributed by atoms with Gasteiger partial charge in [-0.3, -0.25) is 0 Å². The largest absolute Gasteiger partial charge is 0.352 e. The van der Waals surface area contributed by atoms with Gasteiger partial charge in [0.2, 0.25) is 0 Å². The molecule has 2 N–H and O–H groups in total. The fraction of sp³-hybridized carbons (Fsp3) is 0.556. The zero-order chi connectivity index (χ0) is 10.8. The number of anilines is 1. The minimum absolute atomic E-state index is 0.114. The van der Waals surface area contributed by atoms with Gasteiger partial charge in [-0.25, -0.2) is 9.97 Å². The van der Waals surface area contributed by atoms with Gasteiger partial charge >= 0.3 is 0 Å². The van der Waals surface area contributed by atoms with Gasteiger partial charge in [-0.15, -0.1) is 0 Å². The van der Waals surface area contributed by atoms with Gasteiger partial charge in [0, 0.05) is 25.3 Å². The maximum absolute atomic E-state index is 5.69. The molecule has 5 heteroatoms. The monoisotopic (exact) mass is 258 g/mol. The molecule has 0 fully saturated rings. The van der Waals surface area contributed by atoms with Crippen molar-refractivity contribution in [3.8, 4) is 0 Å². The Labute approximate surface area is 92.7 Å². The Hall–Kier alpha value is -0.680. The maximum Gasteiger partial charge on any atom is 0.146 e. The van der Waals surface area contributed by atoms with Gasteiger partial charge < -0.3 is 10.6 Å². The fourth-order valence-electron chi connectivity index (χ4n) is 0.977. The molecule has 1 heterocycles. The SMILES string of the molecule is CN(c1ncncc1Br)C(C)(C)CN. The number of aromatic nitrogens is 2. The van der Waals surface area contributed by atoms with Gasteiger partial charge in [-0.2, -0.15) is 0 Å². The summed E-state index contributed by atoms with van der Waals surface area (Å²) >= 11 is 3.41. The van der Waals surface area contributed by atoms with Crippen LogP contribution < -0.4 is 10.6 Å². The van der Waals surface area contributed by atoms with Gasteiger partial charge in [0.05, 0.1) is 4.47 Å². The third kappa shape index (κ3) is 2.22. The van der Waals surface area contributed by atoms with Crippen molar-refractivity contribution in [2.45, 2.75) is 19.4 Å². The standard InChI is InChI=1S/C9H15BrN4/c1-9(2,5-11)14(3)8-7(10)4-12-6-13-8/h4,6H,5,11H2,1-3H3. The average molecular weight is 259 g/mol. The first-order valence-corrected chi connectivity index (χ1v) is 5.18. The van der Waals surface area contributed by atoms with Crippen molar-refractivity contribution in [3.63, 3.8) is 0 Å². The first-order chi connectivity index (χ1) is 6.49. The molecule has 0 radical (unpaired) electrons.